The Hall–Kier alpha value is -2.66. The van der Waals surface area contributed by atoms with E-state index >= 15 is 0 Å². The summed E-state index contributed by atoms with van der Waals surface area (Å²) < 4.78 is 37.1. The van der Waals surface area contributed by atoms with Crippen molar-refractivity contribution in [1.82, 2.24) is 14.4 Å². The molecule has 0 aromatic carbocycles. The fourth-order valence-corrected chi connectivity index (χ4v) is 4.79. The summed E-state index contributed by atoms with van der Waals surface area (Å²) >= 11 is 0. The maximum Gasteiger partial charge on any atom is 0.371 e. The Morgan fingerprint density at radius 2 is 1.81 bits per heavy atom. The van der Waals surface area contributed by atoms with E-state index in [-0.39, 0.29) is 41.8 Å². The van der Waals surface area contributed by atoms with Gasteiger partial charge in [-0.05, 0) is 32.4 Å². The summed E-state index contributed by atoms with van der Waals surface area (Å²) in [5.41, 5.74) is 0.293. The van der Waals surface area contributed by atoms with Gasteiger partial charge in [-0.15, -0.1) is 0 Å². The lowest BCUT2D eigenvalue weighted by atomic mass is 10.3. The first-order valence-corrected chi connectivity index (χ1v) is 9.71. The van der Waals surface area contributed by atoms with Crippen molar-refractivity contribution in [3.63, 3.8) is 0 Å². The molecule has 2 aromatic rings. The van der Waals surface area contributed by atoms with E-state index in [0.29, 0.717) is 18.7 Å². The average molecular weight is 397 g/mol. The molecule has 1 aliphatic heterocycles. The normalized spacial score (nSPS) is 16.3. The number of carboxylic acid groups (broad SMARTS) is 1. The molecule has 1 amide bonds. The highest BCUT2D eigenvalue weighted by molar-refractivity contribution is 7.89. The van der Waals surface area contributed by atoms with Crippen LogP contribution in [0.4, 0.5) is 0 Å². The highest BCUT2D eigenvalue weighted by atomic mass is 32.2. The number of carbonyl (C=O) groups excluding carboxylic acids is 1. The van der Waals surface area contributed by atoms with E-state index in [1.165, 1.54) is 28.3 Å². The van der Waals surface area contributed by atoms with E-state index in [4.69, 9.17) is 14.0 Å². The second-order valence-corrected chi connectivity index (χ2v) is 8.05. The van der Waals surface area contributed by atoms with Gasteiger partial charge in [0.25, 0.3) is 5.91 Å². The van der Waals surface area contributed by atoms with Crippen LogP contribution in [0.5, 0.6) is 0 Å². The third-order valence-electron chi connectivity index (χ3n) is 4.34. The summed E-state index contributed by atoms with van der Waals surface area (Å²) in [6.45, 7) is 3.94. The molecular weight excluding hydrogens is 378 g/mol. The monoisotopic (exact) mass is 397 g/mol. The number of hydrogen-bond donors (Lipinski definition) is 1. The van der Waals surface area contributed by atoms with Crippen LogP contribution in [0.3, 0.4) is 0 Å². The number of nitrogens with zero attached hydrogens (tertiary/aromatic N) is 3. The van der Waals surface area contributed by atoms with Gasteiger partial charge < -0.3 is 18.9 Å². The Bertz CT molecular complexity index is 957. The van der Waals surface area contributed by atoms with Crippen molar-refractivity contribution in [3.05, 3.63) is 35.1 Å². The summed E-state index contributed by atoms with van der Waals surface area (Å²) in [7, 11) is -3.79. The second kappa shape index (κ2) is 7.16. The van der Waals surface area contributed by atoms with Crippen molar-refractivity contribution in [3.8, 4) is 0 Å². The molecule has 3 rings (SSSR count). The highest BCUT2D eigenvalue weighted by Crippen LogP contribution is 2.24. The van der Waals surface area contributed by atoms with Crippen molar-refractivity contribution in [1.29, 1.82) is 0 Å². The number of aromatic nitrogens is 1. The molecule has 146 valence electrons. The summed E-state index contributed by atoms with van der Waals surface area (Å²) in [6, 6.07) is 2.51. The molecule has 2 aromatic heterocycles. The third-order valence-corrected chi connectivity index (χ3v) is 6.48. The van der Waals surface area contributed by atoms with Gasteiger partial charge in [-0.2, -0.15) is 4.31 Å². The number of aromatic carboxylic acids is 1. The minimum Gasteiger partial charge on any atom is -0.475 e. The molecule has 0 aliphatic carbocycles. The summed E-state index contributed by atoms with van der Waals surface area (Å²) in [6.07, 6.45) is 0.431. The van der Waals surface area contributed by atoms with Gasteiger partial charge >= 0.3 is 5.97 Å². The standard InChI is InChI=1S/C16H19N3O7S/c1-10-14(11(2)26-17-10)27(23,24)19-7-3-6-18(8-9-19)15(20)12-4-5-13(25-12)16(21)22/h4-5H,3,6-9H2,1-2H3,(H,21,22). The van der Waals surface area contributed by atoms with Crippen molar-refractivity contribution in [2.75, 3.05) is 26.2 Å². The number of aryl methyl sites for hydroxylation is 2. The number of rotatable bonds is 4. The quantitative estimate of drug-likeness (QED) is 0.811. The molecule has 0 unspecified atom stereocenters. The molecular formula is C16H19N3O7S. The van der Waals surface area contributed by atoms with Gasteiger partial charge in [-0.25, -0.2) is 13.2 Å². The van der Waals surface area contributed by atoms with Crippen LogP contribution in [0, 0.1) is 13.8 Å². The second-order valence-electron chi connectivity index (χ2n) is 6.17. The molecule has 1 N–H and O–H groups in total. The number of hydrogen-bond acceptors (Lipinski definition) is 7. The molecule has 1 saturated heterocycles. The Labute approximate surface area is 155 Å². The largest absolute Gasteiger partial charge is 0.475 e. The maximum absolute atomic E-state index is 12.9. The molecule has 11 heteroatoms. The van der Waals surface area contributed by atoms with Gasteiger partial charge in [0.1, 0.15) is 10.6 Å². The van der Waals surface area contributed by atoms with Gasteiger partial charge in [-0.3, -0.25) is 4.79 Å². The lowest BCUT2D eigenvalue weighted by molar-refractivity contribution is 0.0650. The topological polar surface area (TPSA) is 134 Å². The minimum atomic E-state index is -3.79. The van der Waals surface area contributed by atoms with E-state index in [2.05, 4.69) is 5.16 Å². The lowest BCUT2D eigenvalue weighted by Crippen LogP contribution is -2.37. The van der Waals surface area contributed by atoms with Crippen molar-refractivity contribution >= 4 is 21.9 Å². The first-order chi connectivity index (χ1) is 12.7. The van der Waals surface area contributed by atoms with Crippen LogP contribution in [0.25, 0.3) is 0 Å². The number of furan rings is 1. The minimum absolute atomic E-state index is 0.0550. The van der Waals surface area contributed by atoms with Crippen LogP contribution < -0.4 is 0 Å². The van der Waals surface area contributed by atoms with E-state index in [1.807, 2.05) is 0 Å². The zero-order valence-corrected chi connectivity index (χ0v) is 15.7. The van der Waals surface area contributed by atoms with Crippen LogP contribution in [-0.4, -0.2) is 65.9 Å². The Kier molecular flexibility index (Phi) is 5.07. The van der Waals surface area contributed by atoms with Gasteiger partial charge in [0.15, 0.2) is 11.5 Å². The van der Waals surface area contributed by atoms with Crippen LogP contribution in [-0.2, 0) is 10.0 Å². The molecule has 0 spiro atoms. The Morgan fingerprint density at radius 1 is 1.11 bits per heavy atom. The fraction of sp³-hybridized carbons (Fsp3) is 0.438. The number of carboxylic acids is 1. The Morgan fingerprint density at radius 3 is 2.41 bits per heavy atom. The lowest BCUT2D eigenvalue weighted by Gasteiger charge is -2.21. The van der Waals surface area contributed by atoms with Gasteiger partial charge in [0.2, 0.25) is 15.8 Å². The zero-order valence-electron chi connectivity index (χ0n) is 14.8. The van der Waals surface area contributed by atoms with Crippen LogP contribution in [0.1, 0.15) is 39.0 Å². The first kappa shape index (κ1) is 19.1. The van der Waals surface area contributed by atoms with Crippen LogP contribution >= 0.6 is 0 Å². The summed E-state index contributed by atoms with van der Waals surface area (Å²) in [4.78, 5) is 24.9. The van der Waals surface area contributed by atoms with Crippen molar-refractivity contribution < 1.29 is 32.1 Å². The van der Waals surface area contributed by atoms with Gasteiger partial charge in [0, 0.05) is 26.2 Å². The van der Waals surface area contributed by atoms with Crippen molar-refractivity contribution in [2.45, 2.75) is 25.2 Å². The molecule has 3 heterocycles. The zero-order chi connectivity index (χ0) is 19.8. The molecule has 1 fully saturated rings. The highest BCUT2D eigenvalue weighted by Gasteiger charge is 2.33. The smallest absolute Gasteiger partial charge is 0.371 e. The number of amides is 1. The molecule has 0 radical (unpaired) electrons. The summed E-state index contributed by atoms with van der Waals surface area (Å²) in [5, 5.41) is 12.6. The molecule has 0 atom stereocenters. The molecule has 10 nitrogen and oxygen atoms in total. The molecule has 27 heavy (non-hydrogen) atoms. The predicted molar refractivity (Wildman–Crippen MR) is 90.9 cm³/mol. The number of carbonyl (C=O) groups is 2. The van der Waals surface area contributed by atoms with E-state index in [1.54, 1.807) is 6.92 Å². The third kappa shape index (κ3) is 3.60. The SMILES string of the molecule is Cc1noc(C)c1S(=O)(=O)N1CCCN(C(=O)c2ccc(C(=O)O)o2)CC1. The molecule has 0 saturated carbocycles. The first-order valence-electron chi connectivity index (χ1n) is 8.27. The van der Waals surface area contributed by atoms with Crippen LogP contribution in [0.2, 0.25) is 0 Å². The number of sulfonamides is 1. The maximum atomic E-state index is 12.9. The molecule has 0 bridgehead atoms. The average Bonchev–Trinajstić information content (AvgIpc) is 3.13. The van der Waals surface area contributed by atoms with E-state index in [0.717, 1.165) is 0 Å². The molecule has 1 aliphatic rings. The van der Waals surface area contributed by atoms with Crippen molar-refractivity contribution in [2.24, 2.45) is 0 Å². The summed E-state index contributed by atoms with van der Waals surface area (Å²) in [5.74, 6) is -1.92. The van der Waals surface area contributed by atoms with E-state index < -0.39 is 21.9 Å². The fourth-order valence-electron chi connectivity index (χ4n) is 3.03. The predicted octanol–water partition coefficient (Wildman–Crippen LogP) is 1.12. The van der Waals surface area contributed by atoms with Gasteiger partial charge in [0.05, 0.1) is 0 Å². The van der Waals surface area contributed by atoms with Gasteiger partial charge in [-0.1, -0.05) is 5.16 Å². The Balaban J connectivity index is 1.75. The van der Waals surface area contributed by atoms with E-state index in [9.17, 15) is 18.0 Å². The van der Waals surface area contributed by atoms with Crippen LogP contribution in [0.15, 0.2) is 26.0 Å².